The highest BCUT2D eigenvalue weighted by molar-refractivity contribution is 5.92. The van der Waals surface area contributed by atoms with Crippen molar-refractivity contribution in [2.45, 2.75) is 0 Å². The molecule has 0 saturated carbocycles. The second kappa shape index (κ2) is 6.37. The molecule has 1 aromatic rings. The lowest BCUT2D eigenvalue weighted by molar-refractivity contribution is -0.138. The van der Waals surface area contributed by atoms with Gasteiger partial charge in [0.25, 0.3) is 0 Å². The van der Waals surface area contributed by atoms with E-state index < -0.39 is 5.97 Å². The number of carbonyl (C=O) groups is 2. The maximum atomic E-state index is 11.6. The van der Waals surface area contributed by atoms with E-state index in [0.29, 0.717) is 11.3 Å². The molecule has 0 saturated heterocycles. The Morgan fingerprint density at radius 1 is 1.44 bits per heavy atom. The minimum absolute atomic E-state index is 0.0247. The standard InChI is InChI=1S/C12H13N3O3/c1-15(8-12(17)18)7-11(16)14-10-4-2-3-9(5-10)6-13/h2-5H,7-8H2,1H3,(H,14,16)(H,17,18). The molecule has 0 bridgehead atoms. The zero-order valence-electron chi connectivity index (χ0n) is 9.88. The highest BCUT2D eigenvalue weighted by Gasteiger charge is 2.09. The molecule has 1 aromatic carbocycles. The van der Waals surface area contributed by atoms with Crippen LogP contribution in [0.25, 0.3) is 0 Å². The number of likely N-dealkylation sites (N-methyl/N-ethyl adjacent to an activating group) is 1. The first-order valence-electron chi connectivity index (χ1n) is 5.21. The fraction of sp³-hybridized carbons (Fsp3) is 0.250. The molecule has 0 fully saturated rings. The van der Waals surface area contributed by atoms with Crippen LogP contribution in [-0.4, -0.2) is 42.0 Å². The molecule has 1 rings (SSSR count). The van der Waals surface area contributed by atoms with Gasteiger partial charge in [0, 0.05) is 5.69 Å². The van der Waals surface area contributed by atoms with Crippen LogP contribution in [0.3, 0.4) is 0 Å². The number of benzene rings is 1. The average molecular weight is 247 g/mol. The molecule has 18 heavy (non-hydrogen) atoms. The molecule has 0 spiro atoms. The Morgan fingerprint density at radius 3 is 2.78 bits per heavy atom. The van der Waals surface area contributed by atoms with Gasteiger partial charge in [-0.3, -0.25) is 14.5 Å². The lowest BCUT2D eigenvalue weighted by Crippen LogP contribution is -2.33. The van der Waals surface area contributed by atoms with Crippen molar-refractivity contribution >= 4 is 17.6 Å². The second-order valence-electron chi connectivity index (χ2n) is 3.81. The summed E-state index contributed by atoms with van der Waals surface area (Å²) in [5.41, 5.74) is 0.967. The number of anilines is 1. The van der Waals surface area contributed by atoms with E-state index >= 15 is 0 Å². The zero-order chi connectivity index (χ0) is 13.5. The molecule has 94 valence electrons. The number of carbonyl (C=O) groups excluding carboxylic acids is 1. The zero-order valence-corrected chi connectivity index (χ0v) is 9.88. The van der Waals surface area contributed by atoms with Crippen LogP contribution in [0.2, 0.25) is 0 Å². The predicted molar refractivity (Wildman–Crippen MR) is 64.9 cm³/mol. The van der Waals surface area contributed by atoms with Crippen molar-refractivity contribution in [2.75, 3.05) is 25.5 Å². The maximum absolute atomic E-state index is 11.6. The Balaban J connectivity index is 2.54. The van der Waals surface area contributed by atoms with Crippen molar-refractivity contribution < 1.29 is 14.7 Å². The van der Waals surface area contributed by atoms with Gasteiger partial charge in [-0.25, -0.2) is 0 Å². The maximum Gasteiger partial charge on any atom is 0.317 e. The van der Waals surface area contributed by atoms with Crippen LogP contribution >= 0.6 is 0 Å². The molecule has 0 aliphatic heterocycles. The SMILES string of the molecule is CN(CC(=O)O)CC(=O)Nc1cccc(C#N)c1. The normalized spacial score (nSPS) is 9.83. The molecule has 2 N–H and O–H groups in total. The summed E-state index contributed by atoms with van der Waals surface area (Å²) < 4.78 is 0. The number of rotatable bonds is 5. The number of nitrogens with one attached hydrogen (secondary N) is 1. The van der Waals surface area contributed by atoms with Crippen LogP contribution in [0.15, 0.2) is 24.3 Å². The number of carboxylic acid groups (broad SMARTS) is 1. The Labute approximate surface area is 104 Å². The first-order valence-corrected chi connectivity index (χ1v) is 5.21. The third-order valence-electron chi connectivity index (χ3n) is 2.09. The van der Waals surface area contributed by atoms with Crippen molar-refractivity contribution in [3.05, 3.63) is 29.8 Å². The topological polar surface area (TPSA) is 93.4 Å². The number of nitriles is 1. The fourth-order valence-corrected chi connectivity index (χ4v) is 1.40. The molecular formula is C12H13N3O3. The van der Waals surface area contributed by atoms with Gasteiger partial charge in [0.2, 0.25) is 5.91 Å². The molecule has 0 unspecified atom stereocenters. The van der Waals surface area contributed by atoms with Gasteiger partial charge in [-0.15, -0.1) is 0 Å². The van der Waals surface area contributed by atoms with Crippen LogP contribution < -0.4 is 5.32 Å². The highest BCUT2D eigenvalue weighted by Crippen LogP contribution is 2.09. The van der Waals surface area contributed by atoms with Crippen LogP contribution in [0.5, 0.6) is 0 Å². The summed E-state index contributed by atoms with van der Waals surface area (Å²) in [4.78, 5) is 23.4. The molecule has 1 amide bonds. The van der Waals surface area contributed by atoms with Crippen molar-refractivity contribution in [1.29, 1.82) is 5.26 Å². The Kier molecular flexibility index (Phi) is 4.84. The molecule has 6 nitrogen and oxygen atoms in total. The summed E-state index contributed by atoms with van der Waals surface area (Å²) in [7, 11) is 1.54. The molecule has 6 heteroatoms. The van der Waals surface area contributed by atoms with Crippen molar-refractivity contribution in [1.82, 2.24) is 4.90 Å². The minimum Gasteiger partial charge on any atom is -0.480 e. The molecular weight excluding hydrogens is 234 g/mol. The Hall–Kier alpha value is -2.39. The highest BCUT2D eigenvalue weighted by atomic mass is 16.4. The first kappa shape index (κ1) is 13.7. The third-order valence-corrected chi connectivity index (χ3v) is 2.09. The smallest absolute Gasteiger partial charge is 0.317 e. The van der Waals surface area contributed by atoms with Crippen LogP contribution in [0.4, 0.5) is 5.69 Å². The lowest BCUT2D eigenvalue weighted by Gasteiger charge is -2.13. The summed E-state index contributed by atoms with van der Waals surface area (Å²) in [6, 6.07) is 8.47. The summed E-state index contributed by atoms with van der Waals surface area (Å²) in [6.45, 7) is -0.227. The van der Waals surface area contributed by atoms with E-state index in [4.69, 9.17) is 10.4 Å². The van der Waals surface area contributed by atoms with Gasteiger partial charge in [0.1, 0.15) is 0 Å². The lowest BCUT2D eigenvalue weighted by atomic mass is 10.2. The van der Waals surface area contributed by atoms with Crippen LogP contribution in [0.1, 0.15) is 5.56 Å². The van der Waals surface area contributed by atoms with Crippen molar-refractivity contribution in [3.8, 4) is 6.07 Å². The van der Waals surface area contributed by atoms with Crippen LogP contribution in [-0.2, 0) is 9.59 Å². The molecule has 0 aliphatic rings. The van der Waals surface area contributed by atoms with E-state index in [1.165, 1.54) is 4.90 Å². The van der Waals surface area contributed by atoms with Crippen LogP contribution in [0, 0.1) is 11.3 Å². The van der Waals surface area contributed by atoms with Gasteiger partial charge in [-0.1, -0.05) is 6.07 Å². The van der Waals surface area contributed by atoms with Gasteiger partial charge < -0.3 is 10.4 Å². The second-order valence-corrected chi connectivity index (χ2v) is 3.81. The molecule has 0 aromatic heterocycles. The van der Waals surface area contributed by atoms with Crippen molar-refractivity contribution in [2.24, 2.45) is 0 Å². The first-order chi connectivity index (χ1) is 8.51. The van der Waals surface area contributed by atoms with E-state index in [0.717, 1.165) is 0 Å². The van der Waals surface area contributed by atoms with Gasteiger partial charge in [-0.05, 0) is 25.2 Å². The molecule has 0 atom stereocenters. The average Bonchev–Trinajstić information content (AvgIpc) is 2.27. The fourth-order valence-electron chi connectivity index (χ4n) is 1.40. The molecule has 0 aliphatic carbocycles. The third kappa shape index (κ3) is 4.63. The molecule has 0 heterocycles. The monoisotopic (exact) mass is 247 g/mol. The number of hydrogen-bond acceptors (Lipinski definition) is 4. The largest absolute Gasteiger partial charge is 0.480 e. The van der Waals surface area contributed by atoms with Crippen molar-refractivity contribution in [3.63, 3.8) is 0 Å². The summed E-state index contributed by atoms with van der Waals surface area (Å²) >= 11 is 0. The van der Waals surface area contributed by atoms with Gasteiger partial charge in [0.15, 0.2) is 0 Å². The number of carboxylic acids is 1. The predicted octanol–water partition coefficient (Wildman–Crippen LogP) is 0.513. The van der Waals surface area contributed by atoms with Gasteiger partial charge in [-0.2, -0.15) is 5.26 Å². The summed E-state index contributed by atoms with van der Waals surface area (Å²) in [5, 5.41) is 19.8. The van der Waals surface area contributed by atoms with E-state index in [-0.39, 0.29) is 19.0 Å². The minimum atomic E-state index is -0.989. The van der Waals surface area contributed by atoms with Gasteiger partial charge >= 0.3 is 5.97 Å². The Morgan fingerprint density at radius 2 is 2.17 bits per heavy atom. The van der Waals surface area contributed by atoms with E-state index in [1.807, 2.05) is 6.07 Å². The Bertz CT molecular complexity index is 494. The van der Waals surface area contributed by atoms with E-state index in [2.05, 4.69) is 5.32 Å². The number of aliphatic carboxylic acids is 1. The molecule has 0 radical (unpaired) electrons. The number of hydrogen-bond donors (Lipinski definition) is 2. The number of amides is 1. The van der Waals surface area contributed by atoms with Gasteiger partial charge in [0.05, 0.1) is 24.7 Å². The van der Waals surface area contributed by atoms with E-state index in [9.17, 15) is 9.59 Å². The quantitative estimate of drug-likeness (QED) is 0.790. The number of nitrogens with zero attached hydrogens (tertiary/aromatic N) is 2. The summed E-state index contributed by atoms with van der Waals surface area (Å²) in [6.07, 6.45) is 0. The summed E-state index contributed by atoms with van der Waals surface area (Å²) in [5.74, 6) is -1.31. The van der Waals surface area contributed by atoms with E-state index in [1.54, 1.807) is 31.3 Å².